The number of amides is 2. The monoisotopic (exact) mass is 300 g/mol. The van der Waals surface area contributed by atoms with Gasteiger partial charge in [-0.05, 0) is 35.4 Å². The van der Waals surface area contributed by atoms with Gasteiger partial charge in [-0.25, -0.2) is 4.79 Å². The summed E-state index contributed by atoms with van der Waals surface area (Å²) >= 11 is 0. The van der Waals surface area contributed by atoms with Gasteiger partial charge < -0.3 is 20.1 Å². The third kappa shape index (κ3) is 4.15. The summed E-state index contributed by atoms with van der Waals surface area (Å²) < 4.78 is 10.2. The molecule has 0 unspecified atom stereocenters. The number of nitrogens with two attached hydrogens (primary N) is 1. The number of urea groups is 1. The molecule has 0 saturated heterocycles. The van der Waals surface area contributed by atoms with Crippen molar-refractivity contribution < 1.29 is 14.3 Å². The SMILES string of the molecule is COc1ccc(CN(Cc2ccc(OC)cc2)C(N)=O)cc1. The lowest BCUT2D eigenvalue weighted by atomic mass is 10.1. The molecule has 0 bridgehead atoms. The van der Waals surface area contributed by atoms with Crippen molar-refractivity contribution in [2.45, 2.75) is 13.1 Å². The van der Waals surface area contributed by atoms with Gasteiger partial charge in [-0.15, -0.1) is 0 Å². The van der Waals surface area contributed by atoms with Crippen molar-refractivity contribution in [1.82, 2.24) is 4.90 Å². The summed E-state index contributed by atoms with van der Waals surface area (Å²) in [7, 11) is 3.24. The first kappa shape index (κ1) is 15.7. The first-order chi connectivity index (χ1) is 10.6. The van der Waals surface area contributed by atoms with Gasteiger partial charge in [-0.2, -0.15) is 0 Å². The molecule has 2 rings (SSSR count). The van der Waals surface area contributed by atoms with Crippen LogP contribution in [0, 0.1) is 0 Å². The maximum atomic E-state index is 11.7. The summed E-state index contributed by atoms with van der Waals surface area (Å²) in [4.78, 5) is 13.2. The second kappa shape index (κ2) is 7.36. The fourth-order valence-corrected chi connectivity index (χ4v) is 2.11. The molecule has 0 spiro atoms. The zero-order valence-corrected chi connectivity index (χ0v) is 12.8. The molecule has 2 N–H and O–H groups in total. The molecule has 0 saturated carbocycles. The van der Waals surface area contributed by atoms with E-state index in [1.165, 1.54) is 0 Å². The number of primary amides is 1. The first-order valence-corrected chi connectivity index (χ1v) is 6.92. The van der Waals surface area contributed by atoms with E-state index in [2.05, 4.69) is 0 Å². The highest BCUT2D eigenvalue weighted by Crippen LogP contribution is 2.16. The maximum Gasteiger partial charge on any atom is 0.315 e. The summed E-state index contributed by atoms with van der Waals surface area (Å²) in [5.41, 5.74) is 7.47. The normalized spacial score (nSPS) is 10.1. The van der Waals surface area contributed by atoms with Gasteiger partial charge in [-0.1, -0.05) is 24.3 Å². The second-order valence-corrected chi connectivity index (χ2v) is 4.89. The Balaban J connectivity index is 2.06. The quantitative estimate of drug-likeness (QED) is 0.892. The zero-order valence-electron chi connectivity index (χ0n) is 12.8. The molecule has 0 atom stereocenters. The molecule has 2 aromatic rings. The van der Waals surface area contributed by atoms with E-state index in [1.54, 1.807) is 19.1 Å². The average molecular weight is 300 g/mol. The van der Waals surface area contributed by atoms with Gasteiger partial charge in [-0.3, -0.25) is 0 Å². The molecule has 0 radical (unpaired) electrons. The van der Waals surface area contributed by atoms with Crippen LogP contribution in [-0.4, -0.2) is 25.2 Å². The van der Waals surface area contributed by atoms with Crippen molar-refractivity contribution in [3.63, 3.8) is 0 Å². The molecule has 0 aliphatic rings. The van der Waals surface area contributed by atoms with Crippen LogP contribution in [0.5, 0.6) is 11.5 Å². The number of nitrogens with zero attached hydrogens (tertiary/aromatic N) is 1. The standard InChI is InChI=1S/C17H20N2O3/c1-21-15-7-3-13(4-8-15)11-19(17(18)20)12-14-5-9-16(22-2)10-6-14/h3-10H,11-12H2,1-2H3,(H2,18,20). The highest BCUT2D eigenvalue weighted by atomic mass is 16.5. The fourth-order valence-electron chi connectivity index (χ4n) is 2.11. The number of carbonyl (C=O) groups is 1. The Kier molecular flexibility index (Phi) is 5.25. The molecule has 0 heterocycles. The predicted molar refractivity (Wildman–Crippen MR) is 84.8 cm³/mol. The molecular formula is C17H20N2O3. The van der Waals surface area contributed by atoms with E-state index >= 15 is 0 Å². The van der Waals surface area contributed by atoms with E-state index in [1.807, 2.05) is 48.5 Å². The van der Waals surface area contributed by atoms with Crippen molar-refractivity contribution in [3.05, 3.63) is 59.7 Å². The van der Waals surface area contributed by atoms with Crippen LogP contribution in [0.1, 0.15) is 11.1 Å². The zero-order chi connectivity index (χ0) is 15.9. The van der Waals surface area contributed by atoms with Gasteiger partial charge in [0.1, 0.15) is 11.5 Å². The summed E-state index contributed by atoms with van der Waals surface area (Å²) in [5.74, 6) is 1.56. The first-order valence-electron chi connectivity index (χ1n) is 6.92. The van der Waals surface area contributed by atoms with Crippen LogP contribution in [0.15, 0.2) is 48.5 Å². The van der Waals surface area contributed by atoms with E-state index < -0.39 is 6.03 Å². The van der Waals surface area contributed by atoms with Crippen LogP contribution < -0.4 is 15.2 Å². The Labute approximate surface area is 130 Å². The van der Waals surface area contributed by atoms with Crippen LogP contribution >= 0.6 is 0 Å². The largest absolute Gasteiger partial charge is 0.497 e. The lowest BCUT2D eigenvalue weighted by Gasteiger charge is -2.21. The van der Waals surface area contributed by atoms with E-state index in [9.17, 15) is 4.79 Å². The molecule has 2 amide bonds. The maximum absolute atomic E-state index is 11.7. The average Bonchev–Trinajstić information content (AvgIpc) is 2.55. The Morgan fingerprint density at radius 2 is 1.23 bits per heavy atom. The summed E-state index contributed by atoms with van der Waals surface area (Å²) in [6.07, 6.45) is 0. The third-order valence-electron chi connectivity index (χ3n) is 3.38. The highest BCUT2D eigenvalue weighted by Gasteiger charge is 2.11. The minimum atomic E-state index is -0.452. The molecule has 0 aliphatic carbocycles. The second-order valence-electron chi connectivity index (χ2n) is 4.89. The van der Waals surface area contributed by atoms with Gasteiger partial charge in [0, 0.05) is 13.1 Å². The van der Waals surface area contributed by atoms with Crippen LogP contribution in [-0.2, 0) is 13.1 Å². The molecule has 22 heavy (non-hydrogen) atoms. The smallest absolute Gasteiger partial charge is 0.315 e. The summed E-state index contributed by atoms with van der Waals surface area (Å²) in [6.45, 7) is 0.900. The lowest BCUT2D eigenvalue weighted by Crippen LogP contribution is -2.34. The summed E-state index contributed by atoms with van der Waals surface area (Å²) in [5, 5.41) is 0. The number of hydrogen-bond donors (Lipinski definition) is 1. The number of ether oxygens (including phenoxy) is 2. The number of methoxy groups -OCH3 is 2. The Morgan fingerprint density at radius 1 is 0.864 bits per heavy atom. The van der Waals surface area contributed by atoms with Crippen LogP contribution in [0.3, 0.4) is 0 Å². The predicted octanol–water partition coefficient (Wildman–Crippen LogP) is 2.78. The number of benzene rings is 2. The minimum Gasteiger partial charge on any atom is -0.497 e. The van der Waals surface area contributed by atoms with Crippen molar-refractivity contribution >= 4 is 6.03 Å². The lowest BCUT2D eigenvalue weighted by molar-refractivity contribution is 0.202. The number of hydrogen-bond acceptors (Lipinski definition) is 3. The number of rotatable bonds is 6. The molecular weight excluding hydrogens is 280 g/mol. The Bertz CT molecular complexity index is 559. The molecule has 5 heteroatoms. The Hall–Kier alpha value is -2.69. The van der Waals surface area contributed by atoms with Gasteiger partial charge in [0.15, 0.2) is 0 Å². The third-order valence-corrected chi connectivity index (χ3v) is 3.38. The van der Waals surface area contributed by atoms with E-state index in [0.717, 1.165) is 22.6 Å². The molecule has 2 aromatic carbocycles. The fraction of sp³-hybridized carbons (Fsp3) is 0.235. The van der Waals surface area contributed by atoms with Gasteiger partial charge >= 0.3 is 6.03 Å². The molecule has 0 fully saturated rings. The molecule has 0 aromatic heterocycles. The van der Waals surface area contributed by atoms with Crippen LogP contribution in [0.4, 0.5) is 4.79 Å². The van der Waals surface area contributed by atoms with Crippen molar-refractivity contribution in [1.29, 1.82) is 0 Å². The van der Waals surface area contributed by atoms with Crippen molar-refractivity contribution in [2.75, 3.05) is 14.2 Å². The minimum absolute atomic E-state index is 0.450. The van der Waals surface area contributed by atoms with E-state index in [-0.39, 0.29) is 0 Å². The van der Waals surface area contributed by atoms with E-state index in [0.29, 0.717) is 13.1 Å². The summed E-state index contributed by atoms with van der Waals surface area (Å²) in [6, 6.07) is 14.7. The van der Waals surface area contributed by atoms with Gasteiger partial charge in [0.2, 0.25) is 0 Å². The Morgan fingerprint density at radius 3 is 1.50 bits per heavy atom. The topological polar surface area (TPSA) is 64.8 Å². The van der Waals surface area contributed by atoms with E-state index in [4.69, 9.17) is 15.2 Å². The van der Waals surface area contributed by atoms with Crippen molar-refractivity contribution in [3.8, 4) is 11.5 Å². The van der Waals surface area contributed by atoms with Gasteiger partial charge in [0.05, 0.1) is 14.2 Å². The van der Waals surface area contributed by atoms with Crippen molar-refractivity contribution in [2.24, 2.45) is 5.73 Å². The molecule has 5 nitrogen and oxygen atoms in total. The van der Waals surface area contributed by atoms with Gasteiger partial charge in [0.25, 0.3) is 0 Å². The molecule has 0 aliphatic heterocycles. The van der Waals surface area contributed by atoms with Crippen LogP contribution in [0.25, 0.3) is 0 Å². The molecule has 116 valence electrons. The number of carbonyl (C=O) groups excluding carboxylic acids is 1. The van der Waals surface area contributed by atoms with Crippen LogP contribution in [0.2, 0.25) is 0 Å². The highest BCUT2D eigenvalue weighted by molar-refractivity contribution is 5.72.